The van der Waals surface area contributed by atoms with Crippen LogP contribution in [0.1, 0.15) is 24.2 Å². The molecule has 0 spiro atoms. The second kappa shape index (κ2) is 6.87. The summed E-state index contributed by atoms with van der Waals surface area (Å²) in [6.45, 7) is 1.89. The number of aliphatic hydroxyl groups excluding tert-OH is 1. The van der Waals surface area contributed by atoms with E-state index in [1.54, 1.807) is 13.0 Å². The summed E-state index contributed by atoms with van der Waals surface area (Å²) in [5.74, 6) is -0.274. The van der Waals surface area contributed by atoms with Gasteiger partial charge in [0.05, 0.1) is 6.10 Å². The Morgan fingerprint density at radius 1 is 1.20 bits per heavy atom. The van der Waals surface area contributed by atoms with Crippen LogP contribution < -0.4 is 4.74 Å². The van der Waals surface area contributed by atoms with Crippen molar-refractivity contribution in [2.24, 2.45) is 0 Å². The van der Waals surface area contributed by atoms with E-state index >= 15 is 0 Å². The van der Waals surface area contributed by atoms with E-state index in [2.05, 4.69) is 0 Å². The van der Waals surface area contributed by atoms with Gasteiger partial charge in [0.2, 0.25) is 0 Å². The quantitative estimate of drug-likeness (QED) is 0.892. The van der Waals surface area contributed by atoms with Crippen LogP contribution >= 0.6 is 0 Å². The first-order chi connectivity index (χ1) is 9.66. The molecule has 1 unspecified atom stereocenters. The van der Waals surface area contributed by atoms with Gasteiger partial charge in [-0.05, 0) is 36.3 Å². The van der Waals surface area contributed by atoms with E-state index in [1.165, 1.54) is 12.1 Å². The molecule has 0 fully saturated rings. The molecule has 2 rings (SSSR count). The van der Waals surface area contributed by atoms with Gasteiger partial charge >= 0.3 is 0 Å². The summed E-state index contributed by atoms with van der Waals surface area (Å²) in [4.78, 5) is 0. The zero-order valence-electron chi connectivity index (χ0n) is 11.3. The molecule has 1 atom stereocenters. The monoisotopic (exact) mass is 272 g/mol. The first-order valence-corrected chi connectivity index (χ1v) is 6.48. The molecule has 0 saturated heterocycles. The zero-order chi connectivity index (χ0) is 14.4. The van der Waals surface area contributed by atoms with Gasteiger partial charge in [0.25, 0.3) is 0 Å². The van der Waals surface area contributed by atoms with Crippen molar-refractivity contribution < 1.29 is 14.2 Å². The van der Waals surface area contributed by atoms with Gasteiger partial charge in [-0.15, -0.1) is 0 Å². The van der Waals surface area contributed by atoms with Crippen LogP contribution in [0, 0.1) is 5.82 Å². The molecule has 2 aromatic carbocycles. The van der Waals surface area contributed by atoms with Crippen LogP contribution in [0.4, 0.5) is 4.39 Å². The molecule has 2 nitrogen and oxygen atoms in total. The lowest BCUT2D eigenvalue weighted by Crippen LogP contribution is -1.98. The maximum absolute atomic E-state index is 13.7. The molecule has 104 valence electrons. The minimum absolute atomic E-state index is 0.187. The normalized spacial score (nSPS) is 12.6. The lowest BCUT2D eigenvalue weighted by Gasteiger charge is -2.08. The van der Waals surface area contributed by atoms with E-state index in [1.807, 2.05) is 42.5 Å². The van der Waals surface area contributed by atoms with Crippen LogP contribution in [0.15, 0.2) is 54.6 Å². The molecule has 3 heteroatoms. The Hall–Kier alpha value is -2.13. The highest BCUT2D eigenvalue weighted by Gasteiger charge is 2.07. The molecule has 0 saturated carbocycles. The Labute approximate surface area is 118 Å². The third-order valence-corrected chi connectivity index (χ3v) is 2.88. The van der Waals surface area contributed by atoms with Crippen LogP contribution in [-0.4, -0.2) is 11.7 Å². The fraction of sp³-hybridized carbons (Fsp3) is 0.176. The Morgan fingerprint density at radius 3 is 2.60 bits per heavy atom. The average Bonchev–Trinajstić information content (AvgIpc) is 2.46. The van der Waals surface area contributed by atoms with Gasteiger partial charge in [-0.2, -0.15) is 0 Å². The molecule has 0 aliphatic rings. The van der Waals surface area contributed by atoms with Gasteiger partial charge in [0.1, 0.15) is 6.61 Å². The predicted octanol–water partition coefficient (Wildman–Crippen LogP) is 3.97. The van der Waals surface area contributed by atoms with Crippen LogP contribution in [0.25, 0.3) is 6.08 Å². The minimum Gasteiger partial charge on any atom is -0.486 e. The van der Waals surface area contributed by atoms with Crippen LogP contribution in [-0.2, 0) is 0 Å². The summed E-state index contributed by atoms with van der Waals surface area (Å²) in [5.41, 5.74) is 1.61. The van der Waals surface area contributed by atoms with Crippen molar-refractivity contribution in [1.82, 2.24) is 0 Å². The summed E-state index contributed by atoms with van der Waals surface area (Å²) in [6, 6.07) is 14.3. The predicted molar refractivity (Wildman–Crippen MR) is 78.0 cm³/mol. The fourth-order valence-electron chi connectivity index (χ4n) is 1.78. The second-order valence-electron chi connectivity index (χ2n) is 4.49. The number of halogens is 1. The molecule has 1 N–H and O–H groups in total. The van der Waals surface area contributed by atoms with Gasteiger partial charge in [-0.25, -0.2) is 4.39 Å². The number of aliphatic hydroxyl groups is 1. The number of ether oxygens (including phenoxy) is 1. The van der Waals surface area contributed by atoms with E-state index in [0.29, 0.717) is 12.2 Å². The topological polar surface area (TPSA) is 29.5 Å². The molecule has 0 heterocycles. The van der Waals surface area contributed by atoms with Crippen molar-refractivity contribution in [2.45, 2.75) is 13.0 Å². The van der Waals surface area contributed by atoms with Crippen molar-refractivity contribution in [3.05, 3.63) is 71.6 Å². The first kappa shape index (κ1) is 14.3. The average molecular weight is 272 g/mol. The molecule has 0 aliphatic heterocycles. The van der Waals surface area contributed by atoms with E-state index < -0.39 is 11.9 Å². The zero-order valence-corrected chi connectivity index (χ0v) is 11.3. The van der Waals surface area contributed by atoms with Gasteiger partial charge in [0, 0.05) is 0 Å². The number of benzene rings is 2. The van der Waals surface area contributed by atoms with Crippen LogP contribution in [0.5, 0.6) is 5.75 Å². The van der Waals surface area contributed by atoms with Crippen LogP contribution in [0.3, 0.4) is 0 Å². The van der Waals surface area contributed by atoms with Gasteiger partial charge < -0.3 is 9.84 Å². The van der Waals surface area contributed by atoms with Crippen molar-refractivity contribution >= 4 is 6.08 Å². The number of hydrogen-bond donors (Lipinski definition) is 1. The maximum atomic E-state index is 13.7. The molecule has 0 bridgehead atoms. The van der Waals surface area contributed by atoms with E-state index in [-0.39, 0.29) is 5.75 Å². The molecule has 0 aromatic heterocycles. The summed E-state index contributed by atoms with van der Waals surface area (Å²) < 4.78 is 19.1. The third-order valence-electron chi connectivity index (χ3n) is 2.88. The van der Waals surface area contributed by atoms with E-state index in [9.17, 15) is 9.50 Å². The summed E-state index contributed by atoms with van der Waals surface area (Å²) in [5, 5.41) is 9.36. The van der Waals surface area contributed by atoms with Gasteiger partial charge in [-0.1, -0.05) is 42.5 Å². The second-order valence-corrected chi connectivity index (χ2v) is 4.49. The van der Waals surface area contributed by atoms with Crippen molar-refractivity contribution in [1.29, 1.82) is 0 Å². The van der Waals surface area contributed by atoms with Crippen molar-refractivity contribution in [3.63, 3.8) is 0 Å². The molecular weight excluding hydrogens is 255 g/mol. The molecule has 0 amide bonds. The maximum Gasteiger partial charge on any atom is 0.165 e. The molecule has 0 aliphatic carbocycles. The summed E-state index contributed by atoms with van der Waals surface area (Å²) >= 11 is 0. The Bertz CT molecular complexity index is 577. The lowest BCUT2D eigenvalue weighted by molar-refractivity contribution is 0.198. The largest absolute Gasteiger partial charge is 0.486 e. The fourth-order valence-corrected chi connectivity index (χ4v) is 1.78. The Balaban J connectivity index is 1.93. The molecule has 0 radical (unpaired) electrons. The first-order valence-electron chi connectivity index (χ1n) is 6.48. The number of hydrogen-bond acceptors (Lipinski definition) is 2. The minimum atomic E-state index is -0.684. The highest BCUT2D eigenvalue weighted by molar-refractivity contribution is 5.48. The van der Waals surface area contributed by atoms with Crippen LogP contribution in [0.2, 0.25) is 0 Å². The van der Waals surface area contributed by atoms with E-state index in [4.69, 9.17) is 4.74 Å². The Morgan fingerprint density at radius 2 is 1.95 bits per heavy atom. The standard InChI is InChI=1S/C17H17FO2/c1-13(19)15-9-10-17(16(18)12-15)20-11-5-8-14-6-3-2-4-7-14/h2-10,12-13,19H,11H2,1H3/b8-5+. The lowest BCUT2D eigenvalue weighted by atomic mass is 10.1. The Kier molecular flexibility index (Phi) is 4.91. The summed E-state index contributed by atoms with van der Waals surface area (Å²) in [6.07, 6.45) is 3.07. The molecule has 2 aromatic rings. The summed E-state index contributed by atoms with van der Waals surface area (Å²) in [7, 11) is 0. The highest BCUT2D eigenvalue weighted by atomic mass is 19.1. The smallest absolute Gasteiger partial charge is 0.165 e. The SMILES string of the molecule is CC(O)c1ccc(OC/C=C/c2ccccc2)c(F)c1. The van der Waals surface area contributed by atoms with E-state index in [0.717, 1.165) is 5.56 Å². The van der Waals surface area contributed by atoms with Crippen molar-refractivity contribution in [3.8, 4) is 5.75 Å². The third kappa shape index (κ3) is 3.93. The number of rotatable bonds is 5. The molecule has 20 heavy (non-hydrogen) atoms. The van der Waals surface area contributed by atoms with Crippen molar-refractivity contribution in [2.75, 3.05) is 6.61 Å². The van der Waals surface area contributed by atoms with Gasteiger partial charge in [0.15, 0.2) is 11.6 Å². The highest BCUT2D eigenvalue weighted by Crippen LogP contribution is 2.21. The molecular formula is C17H17FO2. The van der Waals surface area contributed by atoms with Gasteiger partial charge in [-0.3, -0.25) is 0 Å².